The van der Waals surface area contributed by atoms with Crippen molar-refractivity contribution >= 4 is 45.0 Å². The van der Waals surface area contributed by atoms with Gasteiger partial charge in [0, 0.05) is 9.79 Å². The lowest BCUT2D eigenvalue weighted by Gasteiger charge is -2.25. The molecule has 2 aromatic rings. The lowest BCUT2D eigenvalue weighted by molar-refractivity contribution is -0.242. The van der Waals surface area contributed by atoms with Crippen LogP contribution in [0.5, 0.6) is 0 Å². The molecule has 1 amide bonds. The first-order chi connectivity index (χ1) is 12.7. The van der Waals surface area contributed by atoms with Crippen LogP contribution in [0.1, 0.15) is 6.92 Å². The quantitative estimate of drug-likeness (QED) is 0.641. The fourth-order valence-electron chi connectivity index (χ4n) is 1.87. The molecule has 1 atom stereocenters. The van der Waals surface area contributed by atoms with Crippen molar-refractivity contribution < 1.29 is 31.5 Å². The van der Waals surface area contributed by atoms with Crippen molar-refractivity contribution in [2.75, 3.05) is 5.32 Å². The Labute approximate surface area is 167 Å². The molecule has 0 radical (unpaired) electrons. The summed E-state index contributed by atoms with van der Waals surface area (Å²) < 4.78 is 60.6. The molecule has 0 fully saturated rings. The van der Waals surface area contributed by atoms with Crippen LogP contribution in [0.25, 0.3) is 0 Å². The highest BCUT2D eigenvalue weighted by Crippen LogP contribution is 2.35. The van der Waals surface area contributed by atoms with Gasteiger partial charge in [-0.05, 0) is 49.4 Å². The van der Waals surface area contributed by atoms with E-state index in [-0.39, 0.29) is 15.6 Å². The number of sulfonamides is 1. The van der Waals surface area contributed by atoms with E-state index in [1.54, 1.807) is 0 Å². The summed E-state index contributed by atoms with van der Waals surface area (Å²) in [5.41, 5.74) is -3.68. The monoisotopic (exact) mass is 454 g/mol. The number of carbonyl (C=O) groups excluding carboxylic acids is 1. The molecule has 2 rings (SSSR count). The van der Waals surface area contributed by atoms with E-state index < -0.39 is 27.7 Å². The number of primary sulfonamides is 1. The number of halogens is 4. The van der Waals surface area contributed by atoms with E-state index in [4.69, 9.17) is 16.7 Å². The van der Waals surface area contributed by atoms with E-state index in [1.807, 2.05) is 5.32 Å². The van der Waals surface area contributed by atoms with E-state index in [1.165, 1.54) is 54.2 Å². The van der Waals surface area contributed by atoms with Crippen molar-refractivity contribution in [2.24, 2.45) is 5.14 Å². The van der Waals surface area contributed by atoms with Crippen LogP contribution in [0.3, 0.4) is 0 Å². The number of carbonyl (C=O) groups is 1. The topological polar surface area (TPSA) is 109 Å². The highest BCUT2D eigenvalue weighted by atomic mass is 35.5. The summed E-state index contributed by atoms with van der Waals surface area (Å²) in [6.45, 7) is 0.339. The minimum Gasteiger partial charge on any atom is -0.373 e. The highest BCUT2D eigenvalue weighted by Gasteiger charge is 2.55. The summed E-state index contributed by atoms with van der Waals surface area (Å²) in [6.07, 6.45) is -5.15. The van der Waals surface area contributed by atoms with Crippen LogP contribution in [-0.2, 0) is 14.8 Å². The lowest BCUT2D eigenvalue weighted by Crippen LogP contribution is -2.52. The van der Waals surface area contributed by atoms with Crippen LogP contribution in [0.4, 0.5) is 18.9 Å². The molecule has 152 valence electrons. The molecule has 4 N–H and O–H groups in total. The van der Waals surface area contributed by atoms with Crippen LogP contribution in [0.15, 0.2) is 57.2 Å². The molecule has 28 heavy (non-hydrogen) atoms. The minimum absolute atomic E-state index is 0.0440. The summed E-state index contributed by atoms with van der Waals surface area (Å²) in [4.78, 5) is 12.9. The Morgan fingerprint density at radius 1 is 1.14 bits per heavy atom. The van der Waals surface area contributed by atoms with Gasteiger partial charge in [0.15, 0.2) is 0 Å². The number of amides is 1. The molecular weight excluding hydrogens is 441 g/mol. The zero-order valence-corrected chi connectivity index (χ0v) is 16.5. The fraction of sp³-hybridized carbons (Fsp3) is 0.188. The molecule has 2 aromatic carbocycles. The van der Waals surface area contributed by atoms with Gasteiger partial charge in [0.05, 0.1) is 15.6 Å². The predicted molar refractivity (Wildman–Crippen MR) is 98.7 cm³/mol. The van der Waals surface area contributed by atoms with Gasteiger partial charge in [-0.2, -0.15) is 13.2 Å². The first-order valence-electron chi connectivity index (χ1n) is 7.42. The van der Waals surface area contributed by atoms with E-state index in [0.717, 1.165) is 0 Å². The predicted octanol–water partition coefficient (Wildman–Crippen LogP) is 3.39. The van der Waals surface area contributed by atoms with Gasteiger partial charge in [-0.3, -0.25) is 4.79 Å². The zero-order valence-electron chi connectivity index (χ0n) is 14.1. The molecule has 6 nitrogen and oxygen atoms in total. The van der Waals surface area contributed by atoms with Crippen molar-refractivity contribution in [1.82, 2.24) is 0 Å². The van der Waals surface area contributed by atoms with E-state index >= 15 is 0 Å². The molecule has 0 spiro atoms. The molecule has 0 heterocycles. The van der Waals surface area contributed by atoms with Crippen LogP contribution < -0.4 is 10.5 Å². The Morgan fingerprint density at radius 2 is 1.68 bits per heavy atom. The number of aliphatic hydroxyl groups is 1. The largest absolute Gasteiger partial charge is 0.426 e. The SMILES string of the molecule is C[C@@](O)(C(=O)Nc1ccc(Sc2ccc(S(N)(=O)=O)cc2)cc1Cl)C(F)(F)F. The number of anilines is 1. The average molecular weight is 455 g/mol. The number of hydrogen-bond acceptors (Lipinski definition) is 5. The van der Waals surface area contributed by atoms with E-state index in [9.17, 15) is 31.5 Å². The Morgan fingerprint density at radius 3 is 2.14 bits per heavy atom. The molecule has 0 saturated carbocycles. The summed E-state index contributed by atoms with van der Waals surface area (Å²) in [7, 11) is -3.81. The zero-order chi connectivity index (χ0) is 21.3. The Balaban J connectivity index is 2.15. The van der Waals surface area contributed by atoms with Crippen molar-refractivity contribution in [3.8, 4) is 0 Å². The molecule has 0 aliphatic carbocycles. The third-order valence-electron chi connectivity index (χ3n) is 3.57. The third-order valence-corrected chi connectivity index (χ3v) is 5.81. The fourth-order valence-corrected chi connectivity index (χ4v) is 3.53. The maximum Gasteiger partial charge on any atom is 0.426 e. The molecule has 0 unspecified atom stereocenters. The van der Waals surface area contributed by atoms with Gasteiger partial charge in [-0.25, -0.2) is 13.6 Å². The minimum atomic E-state index is -5.15. The first-order valence-corrected chi connectivity index (χ1v) is 10.2. The standard InChI is InChI=1S/C16H14ClF3N2O4S2/c1-15(24,16(18,19)20)14(23)22-13-7-4-10(8-12(13)17)27-9-2-5-11(6-3-9)28(21,25)26/h2-8,24H,1H3,(H,22,23)(H2,21,25,26)/t15-/m1/s1. The summed E-state index contributed by atoms with van der Waals surface area (Å²) in [5.74, 6) is -1.67. The smallest absolute Gasteiger partial charge is 0.373 e. The maximum atomic E-state index is 12.7. The molecule has 0 saturated heterocycles. The van der Waals surface area contributed by atoms with E-state index in [2.05, 4.69) is 0 Å². The summed E-state index contributed by atoms with van der Waals surface area (Å²) in [5, 5.41) is 16.3. The maximum absolute atomic E-state index is 12.7. The van der Waals surface area contributed by atoms with E-state index in [0.29, 0.717) is 16.7 Å². The Hall–Kier alpha value is -1.79. The van der Waals surface area contributed by atoms with Crippen molar-refractivity contribution in [3.05, 3.63) is 47.5 Å². The van der Waals surface area contributed by atoms with Gasteiger partial charge < -0.3 is 10.4 Å². The van der Waals surface area contributed by atoms with Crippen molar-refractivity contribution in [2.45, 2.75) is 33.4 Å². The molecule has 12 heteroatoms. The highest BCUT2D eigenvalue weighted by molar-refractivity contribution is 7.99. The normalized spacial score (nSPS) is 14.4. The average Bonchev–Trinajstić information content (AvgIpc) is 2.56. The second kappa shape index (κ2) is 7.91. The Kier molecular flexibility index (Phi) is 6.36. The van der Waals surface area contributed by atoms with Crippen molar-refractivity contribution in [3.63, 3.8) is 0 Å². The number of alkyl halides is 3. The Bertz CT molecular complexity index is 994. The molecule has 0 aromatic heterocycles. The molecule has 0 bridgehead atoms. The second-order valence-electron chi connectivity index (χ2n) is 5.78. The number of hydrogen-bond donors (Lipinski definition) is 3. The van der Waals surface area contributed by atoms with Gasteiger partial charge in [0.1, 0.15) is 0 Å². The summed E-state index contributed by atoms with van der Waals surface area (Å²) >= 11 is 7.20. The van der Waals surface area contributed by atoms with Crippen molar-refractivity contribution in [1.29, 1.82) is 0 Å². The second-order valence-corrected chi connectivity index (χ2v) is 8.90. The number of nitrogens with one attached hydrogen (secondary N) is 1. The third kappa shape index (κ3) is 5.17. The van der Waals surface area contributed by atoms with Gasteiger partial charge in [-0.15, -0.1) is 0 Å². The number of nitrogens with two attached hydrogens (primary N) is 1. The van der Waals surface area contributed by atoms with Gasteiger partial charge in [-0.1, -0.05) is 23.4 Å². The van der Waals surface area contributed by atoms with Gasteiger partial charge in [0.2, 0.25) is 15.6 Å². The molecule has 0 aliphatic rings. The summed E-state index contributed by atoms with van der Waals surface area (Å²) in [6, 6.07) is 9.87. The van der Waals surface area contributed by atoms with Crippen LogP contribution in [-0.4, -0.2) is 31.2 Å². The van der Waals surface area contributed by atoms with Crippen LogP contribution in [0.2, 0.25) is 5.02 Å². The number of benzene rings is 2. The lowest BCUT2D eigenvalue weighted by atomic mass is 10.1. The van der Waals surface area contributed by atoms with Gasteiger partial charge >= 0.3 is 6.18 Å². The van der Waals surface area contributed by atoms with Crippen LogP contribution >= 0.6 is 23.4 Å². The van der Waals surface area contributed by atoms with Crippen LogP contribution in [0, 0.1) is 0 Å². The number of rotatable bonds is 5. The molecule has 0 aliphatic heterocycles. The first kappa shape index (κ1) is 22.5. The van der Waals surface area contributed by atoms with Gasteiger partial charge in [0.25, 0.3) is 5.91 Å². The molecular formula is C16H14ClF3N2O4S2.